The van der Waals surface area contributed by atoms with Crippen molar-refractivity contribution in [2.75, 3.05) is 16.9 Å². The third-order valence-electron chi connectivity index (χ3n) is 3.79. The highest BCUT2D eigenvalue weighted by Crippen LogP contribution is 2.25. The number of carbonyl (C=O) groups is 2. The molecule has 1 N–H and O–H groups in total. The van der Waals surface area contributed by atoms with Gasteiger partial charge in [0.15, 0.2) is 0 Å². The Kier molecular flexibility index (Phi) is 5.06. The molecule has 1 atom stereocenters. The Morgan fingerprint density at radius 2 is 2.04 bits per heavy atom. The molecule has 0 unspecified atom stereocenters. The highest BCUT2D eigenvalue weighted by Gasteiger charge is 2.35. The fourth-order valence-corrected chi connectivity index (χ4v) is 3.71. The van der Waals surface area contributed by atoms with Crippen LogP contribution in [0.5, 0.6) is 0 Å². The summed E-state index contributed by atoms with van der Waals surface area (Å²) < 4.78 is 0. The fourth-order valence-electron chi connectivity index (χ4n) is 2.43. The zero-order valence-corrected chi connectivity index (χ0v) is 14.6. The average molecular weight is 362 g/mol. The van der Waals surface area contributed by atoms with Crippen LogP contribution in [0.3, 0.4) is 0 Å². The largest absolute Gasteiger partial charge is 0.317 e. The summed E-state index contributed by atoms with van der Waals surface area (Å²) in [4.78, 5) is 31.0. The molecule has 2 heterocycles. The minimum atomic E-state index is -0.514. The van der Waals surface area contributed by atoms with E-state index in [1.54, 1.807) is 47.1 Å². The number of hydrogen-bond donors (Lipinski definition) is 1. The summed E-state index contributed by atoms with van der Waals surface area (Å²) in [5.74, 6) is 1.19. The van der Waals surface area contributed by atoms with E-state index in [2.05, 4.69) is 10.3 Å². The van der Waals surface area contributed by atoms with Crippen molar-refractivity contribution in [3.63, 3.8) is 0 Å². The van der Waals surface area contributed by atoms with Crippen LogP contribution in [0.2, 0.25) is 5.02 Å². The molecule has 3 rings (SSSR count). The normalized spacial score (nSPS) is 16.9. The summed E-state index contributed by atoms with van der Waals surface area (Å²) in [6, 6.07) is 9.86. The van der Waals surface area contributed by atoms with E-state index in [0.29, 0.717) is 28.0 Å². The summed E-state index contributed by atoms with van der Waals surface area (Å²) in [6.07, 6.45) is 1.63. The molecule has 2 aromatic rings. The third kappa shape index (κ3) is 3.55. The Balaban J connectivity index is 1.75. The summed E-state index contributed by atoms with van der Waals surface area (Å²) in [5.41, 5.74) is 1.40. The van der Waals surface area contributed by atoms with E-state index >= 15 is 0 Å². The number of aromatic nitrogens is 1. The molecule has 7 heteroatoms. The Hall–Kier alpha value is -2.05. The first-order valence-electron chi connectivity index (χ1n) is 7.43. The van der Waals surface area contributed by atoms with Crippen LogP contribution >= 0.6 is 23.4 Å². The summed E-state index contributed by atoms with van der Waals surface area (Å²) in [7, 11) is 0. The number of aryl methyl sites for hydroxylation is 1. The van der Waals surface area contributed by atoms with Crippen LogP contribution in [0.4, 0.5) is 5.82 Å². The molecule has 24 heavy (non-hydrogen) atoms. The Morgan fingerprint density at radius 1 is 1.29 bits per heavy atom. The van der Waals surface area contributed by atoms with Crippen LogP contribution in [0.15, 0.2) is 42.6 Å². The Bertz CT molecular complexity index is 767. The van der Waals surface area contributed by atoms with Gasteiger partial charge in [-0.1, -0.05) is 17.7 Å². The lowest BCUT2D eigenvalue weighted by atomic mass is 10.1. The summed E-state index contributed by atoms with van der Waals surface area (Å²) >= 11 is 7.42. The molecule has 124 valence electrons. The molecule has 1 fully saturated rings. The maximum absolute atomic E-state index is 12.7. The van der Waals surface area contributed by atoms with Gasteiger partial charge in [-0.3, -0.25) is 9.59 Å². The van der Waals surface area contributed by atoms with Crippen LogP contribution in [-0.4, -0.2) is 39.4 Å². The number of hydrogen-bond acceptors (Lipinski definition) is 4. The van der Waals surface area contributed by atoms with Crippen molar-refractivity contribution in [3.8, 4) is 0 Å². The highest BCUT2D eigenvalue weighted by molar-refractivity contribution is 7.99. The van der Waals surface area contributed by atoms with E-state index in [1.807, 2.05) is 19.1 Å². The second-order valence-corrected chi connectivity index (χ2v) is 6.89. The Morgan fingerprint density at radius 3 is 2.75 bits per heavy atom. The lowest BCUT2D eigenvalue weighted by Gasteiger charge is -2.23. The van der Waals surface area contributed by atoms with Crippen LogP contribution in [0.1, 0.15) is 15.9 Å². The minimum Gasteiger partial charge on any atom is -0.317 e. The molecule has 0 spiro atoms. The molecule has 1 aromatic heterocycles. The number of nitrogens with one attached hydrogen (secondary N) is 1. The number of nitrogens with zero attached hydrogens (tertiary/aromatic N) is 2. The topological polar surface area (TPSA) is 62.3 Å². The zero-order valence-electron chi connectivity index (χ0n) is 13.0. The van der Waals surface area contributed by atoms with E-state index in [1.165, 1.54) is 0 Å². The molecule has 0 radical (unpaired) electrons. The van der Waals surface area contributed by atoms with E-state index in [4.69, 9.17) is 11.6 Å². The van der Waals surface area contributed by atoms with Crippen molar-refractivity contribution < 1.29 is 9.59 Å². The zero-order chi connectivity index (χ0) is 17.1. The second kappa shape index (κ2) is 7.23. The number of rotatable bonds is 3. The highest BCUT2D eigenvalue weighted by atomic mass is 35.5. The van der Waals surface area contributed by atoms with Crippen molar-refractivity contribution >= 4 is 41.0 Å². The number of halogens is 1. The van der Waals surface area contributed by atoms with Crippen molar-refractivity contribution in [1.29, 1.82) is 0 Å². The lowest BCUT2D eigenvalue weighted by Crippen LogP contribution is -2.44. The van der Waals surface area contributed by atoms with Gasteiger partial charge in [0.05, 0.1) is 5.88 Å². The van der Waals surface area contributed by atoms with Crippen molar-refractivity contribution in [2.24, 2.45) is 0 Å². The molecular formula is C17H16ClN3O2S. The number of pyridine rings is 1. The fraction of sp³-hybridized carbons (Fsp3) is 0.235. The number of benzene rings is 1. The van der Waals surface area contributed by atoms with Gasteiger partial charge in [-0.05, 0) is 42.8 Å². The second-order valence-electron chi connectivity index (χ2n) is 5.46. The summed E-state index contributed by atoms with van der Waals surface area (Å²) in [5, 5.41) is 3.39. The minimum absolute atomic E-state index is 0.172. The van der Waals surface area contributed by atoms with Crippen LogP contribution < -0.4 is 5.32 Å². The Labute approximate surface area is 149 Å². The standard InChI is InChI=1S/C17H16ClN3O2S/c1-11-3-2-8-19-15(11)20-16(22)14-9-24-10-21(14)17(23)12-4-6-13(18)7-5-12/h2-8,14H,9-10H2,1H3,(H,19,20,22)/t14-/m0/s1. The quantitative estimate of drug-likeness (QED) is 0.911. The van der Waals surface area contributed by atoms with E-state index in [-0.39, 0.29) is 11.8 Å². The monoisotopic (exact) mass is 361 g/mol. The molecule has 0 saturated carbocycles. The SMILES string of the molecule is Cc1cccnc1NC(=O)[C@@H]1CSCN1C(=O)c1ccc(Cl)cc1. The summed E-state index contributed by atoms with van der Waals surface area (Å²) in [6.45, 7) is 1.88. The average Bonchev–Trinajstić information content (AvgIpc) is 3.07. The van der Waals surface area contributed by atoms with Gasteiger partial charge < -0.3 is 10.2 Å². The molecule has 5 nitrogen and oxygen atoms in total. The molecule has 1 aliphatic rings. The van der Waals surface area contributed by atoms with Crippen molar-refractivity contribution in [2.45, 2.75) is 13.0 Å². The molecule has 1 saturated heterocycles. The molecule has 1 aliphatic heterocycles. The molecular weight excluding hydrogens is 346 g/mol. The van der Waals surface area contributed by atoms with Crippen molar-refractivity contribution in [1.82, 2.24) is 9.88 Å². The predicted molar refractivity (Wildman–Crippen MR) is 96.3 cm³/mol. The third-order valence-corrected chi connectivity index (χ3v) is 5.05. The number of thioether (sulfide) groups is 1. The van der Waals surface area contributed by atoms with Gasteiger partial charge in [-0.25, -0.2) is 4.98 Å². The molecule has 2 amide bonds. The van der Waals surface area contributed by atoms with Gasteiger partial charge in [0.1, 0.15) is 11.9 Å². The van der Waals surface area contributed by atoms with Gasteiger partial charge in [0, 0.05) is 22.5 Å². The molecule has 1 aromatic carbocycles. The van der Waals surface area contributed by atoms with Gasteiger partial charge >= 0.3 is 0 Å². The lowest BCUT2D eigenvalue weighted by molar-refractivity contribution is -0.119. The van der Waals surface area contributed by atoms with Gasteiger partial charge in [-0.15, -0.1) is 11.8 Å². The first-order valence-corrected chi connectivity index (χ1v) is 8.96. The number of anilines is 1. The van der Waals surface area contributed by atoms with Crippen LogP contribution in [-0.2, 0) is 4.79 Å². The molecule has 0 bridgehead atoms. The smallest absolute Gasteiger partial charge is 0.255 e. The number of carbonyl (C=O) groups excluding carboxylic acids is 2. The van der Waals surface area contributed by atoms with Crippen LogP contribution in [0, 0.1) is 6.92 Å². The van der Waals surface area contributed by atoms with E-state index in [0.717, 1.165) is 5.56 Å². The maximum Gasteiger partial charge on any atom is 0.255 e. The van der Waals surface area contributed by atoms with Crippen molar-refractivity contribution in [3.05, 3.63) is 58.7 Å². The van der Waals surface area contributed by atoms with Gasteiger partial charge in [-0.2, -0.15) is 0 Å². The van der Waals surface area contributed by atoms with Gasteiger partial charge in [0.2, 0.25) is 5.91 Å². The van der Waals surface area contributed by atoms with E-state index in [9.17, 15) is 9.59 Å². The number of amides is 2. The van der Waals surface area contributed by atoms with Crippen LogP contribution in [0.25, 0.3) is 0 Å². The first kappa shape index (κ1) is 16.8. The predicted octanol–water partition coefficient (Wildman–Crippen LogP) is 3.20. The van der Waals surface area contributed by atoms with E-state index < -0.39 is 6.04 Å². The maximum atomic E-state index is 12.7. The van der Waals surface area contributed by atoms with Gasteiger partial charge in [0.25, 0.3) is 5.91 Å². The molecule has 0 aliphatic carbocycles. The first-order chi connectivity index (χ1) is 11.6.